The van der Waals surface area contributed by atoms with Gasteiger partial charge < -0.3 is 9.64 Å². The molecule has 1 aliphatic heterocycles. The number of rotatable bonds is 3. The van der Waals surface area contributed by atoms with Crippen LogP contribution in [-0.2, 0) is 4.74 Å². The van der Waals surface area contributed by atoms with Gasteiger partial charge in [-0.2, -0.15) is 4.98 Å². The van der Waals surface area contributed by atoms with Crippen LogP contribution in [0.25, 0.3) is 20.7 Å². The number of hydrogen-bond acceptors (Lipinski definition) is 5. The van der Waals surface area contributed by atoms with E-state index < -0.39 is 0 Å². The molecule has 4 rings (SSSR count). The second-order valence-electron chi connectivity index (χ2n) is 6.52. The predicted octanol–water partition coefficient (Wildman–Crippen LogP) is 4.97. The number of ether oxygens (including phenoxy) is 1. The minimum absolute atomic E-state index is 0.300. The van der Waals surface area contributed by atoms with Crippen LogP contribution in [0.5, 0.6) is 0 Å². The third-order valence-corrected chi connectivity index (χ3v) is 5.81. The highest BCUT2D eigenvalue weighted by molar-refractivity contribution is 7.22. The predicted molar refractivity (Wildman–Crippen MR) is 105 cm³/mol. The van der Waals surface area contributed by atoms with Gasteiger partial charge in [-0.1, -0.05) is 38.1 Å². The van der Waals surface area contributed by atoms with Crippen molar-refractivity contribution in [2.75, 3.05) is 31.2 Å². The van der Waals surface area contributed by atoms with Gasteiger partial charge in [-0.3, -0.25) is 0 Å². The fourth-order valence-electron chi connectivity index (χ4n) is 3.07. The monoisotopic (exact) mass is 373 g/mol. The molecule has 0 aliphatic carbocycles. The maximum atomic E-state index is 6.19. The SMILES string of the molecule is CC(C)c1cccc(-c2cc3nc(Cl)nc(N4CCOCC4)c3s2)c1. The maximum absolute atomic E-state index is 6.19. The maximum Gasteiger partial charge on any atom is 0.224 e. The summed E-state index contributed by atoms with van der Waals surface area (Å²) in [6, 6.07) is 10.8. The minimum atomic E-state index is 0.300. The van der Waals surface area contributed by atoms with E-state index in [1.807, 2.05) is 0 Å². The third kappa shape index (κ3) is 3.36. The molecule has 0 radical (unpaired) electrons. The molecule has 0 spiro atoms. The van der Waals surface area contributed by atoms with Crippen molar-refractivity contribution in [3.8, 4) is 10.4 Å². The lowest BCUT2D eigenvalue weighted by atomic mass is 10.0. The molecule has 0 unspecified atom stereocenters. The summed E-state index contributed by atoms with van der Waals surface area (Å²) < 4.78 is 6.55. The molecule has 1 aliphatic rings. The van der Waals surface area contributed by atoms with Crippen LogP contribution in [0.4, 0.5) is 5.82 Å². The van der Waals surface area contributed by atoms with E-state index >= 15 is 0 Å². The van der Waals surface area contributed by atoms with Crippen LogP contribution in [0, 0.1) is 0 Å². The molecule has 25 heavy (non-hydrogen) atoms. The topological polar surface area (TPSA) is 38.2 Å². The van der Waals surface area contributed by atoms with Crippen molar-refractivity contribution in [1.82, 2.24) is 9.97 Å². The summed E-state index contributed by atoms with van der Waals surface area (Å²) >= 11 is 7.92. The zero-order chi connectivity index (χ0) is 17.4. The number of hydrogen-bond donors (Lipinski definition) is 0. The Labute approximate surface area is 156 Å². The summed E-state index contributed by atoms with van der Waals surface area (Å²) in [5.41, 5.74) is 3.47. The second kappa shape index (κ2) is 6.90. The molecule has 1 saturated heterocycles. The van der Waals surface area contributed by atoms with Gasteiger partial charge in [-0.15, -0.1) is 11.3 Å². The first-order valence-electron chi connectivity index (χ1n) is 8.52. The average molecular weight is 374 g/mol. The quantitative estimate of drug-likeness (QED) is 0.607. The second-order valence-corrected chi connectivity index (χ2v) is 7.91. The Morgan fingerprint density at radius 3 is 2.72 bits per heavy atom. The molecule has 3 heterocycles. The summed E-state index contributed by atoms with van der Waals surface area (Å²) in [5.74, 6) is 1.43. The molecule has 1 fully saturated rings. The number of nitrogens with zero attached hydrogens (tertiary/aromatic N) is 3. The highest BCUT2D eigenvalue weighted by Gasteiger charge is 2.19. The molecule has 0 bridgehead atoms. The number of anilines is 1. The van der Waals surface area contributed by atoms with Gasteiger partial charge in [0, 0.05) is 18.0 Å². The van der Waals surface area contributed by atoms with Gasteiger partial charge in [0.1, 0.15) is 0 Å². The molecule has 2 aromatic heterocycles. The van der Waals surface area contributed by atoms with Crippen LogP contribution in [0.1, 0.15) is 25.3 Å². The van der Waals surface area contributed by atoms with E-state index in [4.69, 9.17) is 16.3 Å². The smallest absolute Gasteiger partial charge is 0.224 e. The summed E-state index contributed by atoms with van der Waals surface area (Å²) in [4.78, 5) is 12.4. The number of thiophene rings is 1. The Bertz CT molecular complexity index is 903. The molecule has 3 aromatic rings. The largest absolute Gasteiger partial charge is 0.378 e. The molecule has 1 aromatic carbocycles. The van der Waals surface area contributed by atoms with Crippen molar-refractivity contribution < 1.29 is 4.74 Å². The lowest BCUT2D eigenvalue weighted by Gasteiger charge is -2.28. The van der Waals surface area contributed by atoms with Crippen LogP contribution >= 0.6 is 22.9 Å². The fraction of sp³-hybridized carbons (Fsp3) is 0.368. The summed E-state index contributed by atoms with van der Waals surface area (Å²) in [6.07, 6.45) is 0. The number of benzene rings is 1. The summed E-state index contributed by atoms with van der Waals surface area (Å²) in [6.45, 7) is 7.53. The van der Waals surface area contributed by atoms with E-state index in [2.05, 4.69) is 59.0 Å². The van der Waals surface area contributed by atoms with E-state index in [9.17, 15) is 0 Å². The molecule has 6 heteroatoms. The van der Waals surface area contributed by atoms with E-state index in [0.717, 1.165) is 42.3 Å². The van der Waals surface area contributed by atoms with Crippen molar-refractivity contribution in [1.29, 1.82) is 0 Å². The first-order valence-corrected chi connectivity index (χ1v) is 9.71. The Morgan fingerprint density at radius 2 is 1.96 bits per heavy atom. The van der Waals surface area contributed by atoms with Crippen LogP contribution in [0.3, 0.4) is 0 Å². The fourth-order valence-corrected chi connectivity index (χ4v) is 4.35. The molecular weight excluding hydrogens is 354 g/mol. The van der Waals surface area contributed by atoms with Crippen molar-refractivity contribution in [2.24, 2.45) is 0 Å². The zero-order valence-corrected chi connectivity index (χ0v) is 15.9. The van der Waals surface area contributed by atoms with E-state index in [1.165, 1.54) is 16.0 Å². The lowest BCUT2D eigenvalue weighted by Crippen LogP contribution is -2.36. The van der Waals surface area contributed by atoms with Crippen LogP contribution < -0.4 is 4.90 Å². The van der Waals surface area contributed by atoms with E-state index in [-0.39, 0.29) is 0 Å². The Balaban J connectivity index is 1.81. The van der Waals surface area contributed by atoms with Crippen molar-refractivity contribution >= 4 is 39.0 Å². The third-order valence-electron chi connectivity index (χ3n) is 4.47. The molecule has 0 N–H and O–H groups in total. The number of aromatic nitrogens is 2. The van der Waals surface area contributed by atoms with E-state index in [1.54, 1.807) is 11.3 Å². The van der Waals surface area contributed by atoms with Gasteiger partial charge in [0.25, 0.3) is 0 Å². The first kappa shape index (κ1) is 16.8. The van der Waals surface area contributed by atoms with Gasteiger partial charge in [-0.05, 0) is 34.7 Å². The van der Waals surface area contributed by atoms with Gasteiger partial charge in [-0.25, -0.2) is 4.98 Å². The Morgan fingerprint density at radius 1 is 1.16 bits per heavy atom. The molecular formula is C19H20ClN3OS. The molecule has 130 valence electrons. The van der Waals surface area contributed by atoms with Gasteiger partial charge >= 0.3 is 0 Å². The molecule has 0 saturated carbocycles. The number of morpholine rings is 1. The van der Waals surface area contributed by atoms with Crippen LogP contribution in [0.15, 0.2) is 30.3 Å². The lowest BCUT2D eigenvalue weighted by molar-refractivity contribution is 0.122. The molecule has 4 nitrogen and oxygen atoms in total. The highest BCUT2D eigenvalue weighted by atomic mass is 35.5. The minimum Gasteiger partial charge on any atom is -0.378 e. The normalized spacial score (nSPS) is 15.3. The van der Waals surface area contributed by atoms with Crippen LogP contribution in [-0.4, -0.2) is 36.3 Å². The van der Waals surface area contributed by atoms with Gasteiger partial charge in [0.05, 0.1) is 23.4 Å². The number of fused-ring (bicyclic) bond motifs is 1. The zero-order valence-electron chi connectivity index (χ0n) is 14.3. The van der Waals surface area contributed by atoms with Gasteiger partial charge in [0.2, 0.25) is 5.28 Å². The van der Waals surface area contributed by atoms with Crippen LogP contribution in [0.2, 0.25) is 5.28 Å². The van der Waals surface area contributed by atoms with Crippen molar-refractivity contribution in [3.63, 3.8) is 0 Å². The first-order chi connectivity index (χ1) is 12.1. The average Bonchev–Trinajstić information content (AvgIpc) is 3.05. The van der Waals surface area contributed by atoms with E-state index in [0.29, 0.717) is 11.2 Å². The van der Waals surface area contributed by atoms with Crippen molar-refractivity contribution in [2.45, 2.75) is 19.8 Å². The number of halogens is 1. The standard InChI is InChI=1S/C19H20ClN3OS/c1-12(2)13-4-3-5-14(10-13)16-11-15-17(25-16)18(22-19(20)21-15)23-6-8-24-9-7-23/h3-5,10-12H,6-9H2,1-2H3. The Kier molecular flexibility index (Phi) is 4.63. The summed E-state index contributed by atoms with van der Waals surface area (Å²) in [7, 11) is 0. The van der Waals surface area contributed by atoms with Gasteiger partial charge in [0.15, 0.2) is 5.82 Å². The summed E-state index contributed by atoms with van der Waals surface area (Å²) in [5, 5.41) is 0.300. The molecule has 0 atom stereocenters. The highest BCUT2D eigenvalue weighted by Crippen LogP contribution is 2.38. The molecule has 0 amide bonds. The van der Waals surface area contributed by atoms with Crippen molar-refractivity contribution in [3.05, 3.63) is 41.2 Å². The Hall–Kier alpha value is -1.69.